The number of nitrogens with two attached hydrogens (primary N) is 1. The Hall–Kier alpha value is -1.79. The minimum absolute atomic E-state index is 0.0404. The van der Waals surface area contributed by atoms with Gasteiger partial charge in [0.05, 0.1) is 12.8 Å². The van der Waals surface area contributed by atoms with Crippen LogP contribution < -0.4 is 15.8 Å². The Morgan fingerprint density at radius 2 is 1.84 bits per heavy atom. The highest BCUT2D eigenvalue weighted by atomic mass is 16.5. The number of piperazine rings is 1. The van der Waals surface area contributed by atoms with E-state index in [4.69, 9.17) is 10.5 Å². The summed E-state index contributed by atoms with van der Waals surface area (Å²) in [5.74, 6) is 0.507. The summed E-state index contributed by atoms with van der Waals surface area (Å²) in [6.45, 7) is 4.66. The molecule has 3 rings (SSSR count). The summed E-state index contributed by atoms with van der Waals surface area (Å²) in [6, 6.07) is 6.12. The predicted molar refractivity (Wildman–Crippen MR) is 100.0 cm³/mol. The second-order valence-corrected chi connectivity index (χ2v) is 7.27. The van der Waals surface area contributed by atoms with Crippen molar-refractivity contribution in [2.24, 2.45) is 0 Å². The third kappa shape index (κ3) is 4.44. The fourth-order valence-electron chi connectivity index (χ4n) is 3.89. The molecule has 1 saturated heterocycles. The number of anilines is 1. The van der Waals surface area contributed by atoms with Gasteiger partial charge in [0.25, 0.3) is 5.91 Å². The summed E-state index contributed by atoms with van der Waals surface area (Å²) >= 11 is 0. The molecule has 2 fully saturated rings. The molecule has 0 spiro atoms. The molecule has 1 aliphatic carbocycles. The van der Waals surface area contributed by atoms with Crippen molar-refractivity contribution in [3.63, 3.8) is 0 Å². The number of methoxy groups -OCH3 is 1. The normalized spacial score (nSPS) is 25.5. The molecule has 1 amide bonds. The van der Waals surface area contributed by atoms with Crippen molar-refractivity contribution in [2.45, 2.75) is 37.8 Å². The number of amides is 1. The van der Waals surface area contributed by atoms with Crippen LogP contribution in [0.15, 0.2) is 18.2 Å². The van der Waals surface area contributed by atoms with Crippen LogP contribution >= 0.6 is 0 Å². The van der Waals surface area contributed by atoms with Gasteiger partial charge in [0, 0.05) is 43.8 Å². The van der Waals surface area contributed by atoms with Crippen LogP contribution in [0.1, 0.15) is 36.0 Å². The Bertz CT molecular complexity index is 591. The molecular weight excluding hydrogens is 316 g/mol. The maximum atomic E-state index is 12.5. The highest BCUT2D eigenvalue weighted by molar-refractivity contribution is 5.95. The first-order chi connectivity index (χ1) is 12.1. The van der Waals surface area contributed by atoms with Crippen molar-refractivity contribution in [1.82, 2.24) is 15.1 Å². The van der Waals surface area contributed by atoms with E-state index in [0.717, 1.165) is 25.9 Å². The van der Waals surface area contributed by atoms with Crippen LogP contribution in [-0.2, 0) is 0 Å². The van der Waals surface area contributed by atoms with E-state index in [1.54, 1.807) is 25.3 Å². The first-order valence-corrected chi connectivity index (χ1v) is 9.24. The van der Waals surface area contributed by atoms with Gasteiger partial charge < -0.3 is 20.7 Å². The van der Waals surface area contributed by atoms with Gasteiger partial charge >= 0.3 is 0 Å². The monoisotopic (exact) mass is 346 g/mol. The molecule has 138 valence electrons. The van der Waals surface area contributed by atoms with Crippen LogP contribution in [0, 0.1) is 0 Å². The van der Waals surface area contributed by atoms with E-state index in [0.29, 0.717) is 23.0 Å². The molecule has 0 radical (unpaired) electrons. The number of carbonyl (C=O) groups is 1. The quantitative estimate of drug-likeness (QED) is 0.810. The third-order valence-corrected chi connectivity index (χ3v) is 5.58. The highest BCUT2D eigenvalue weighted by Gasteiger charge is 2.28. The number of nitrogens with one attached hydrogen (secondary N) is 1. The van der Waals surface area contributed by atoms with E-state index >= 15 is 0 Å². The summed E-state index contributed by atoms with van der Waals surface area (Å²) < 4.78 is 5.20. The van der Waals surface area contributed by atoms with Crippen molar-refractivity contribution in [3.8, 4) is 5.75 Å². The fraction of sp³-hybridized carbons (Fsp3) is 0.632. The van der Waals surface area contributed by atoms with Crippen LogP contribution in [0.3, 0.4) is 0 Å². The molecule has 25 heavy (non-hydrogen) atoms. The molecule has 1 saturated carbocycles. The van der Waals surface area contributed by atoms with Gasteiger partial charge in [0.15, 0.2) is 0 Å². The number of hydrogen-bond donors (Lipinski definition) is 2. The van der Waals surface area contributed by atoms with E-state index in [9.17, 15) is 4.79 Å². The zero-order valence-electron chi connectivity index (χ0n) is 15.3. The predicted octanol–water partition coefficient (Wildman–Crippen LogP) is 1.57. The Morgan fingerprint density at radius 1 is 1.16 bits per heavy atom. The maximum Gasteiger partial charge on any atom is 0.251 e. The van der Waals surface area contributed by atoms with Gasteiger partial charge in [-0.2, -0.15) is 0 Å². The number of hydrogen-bond acceptors (Lipinski definition) is 5. The minimum Gasteiger partial charge on any atom is -0.495 e. The topological polar surface area (TPSA) is 70.8 Å². The molecule has 6 heteroatoms. The minimum atomic E-state index is -0.0404. The average molecular weight is 346 g/mol. The molecule has 6 nitrogen and oxygen atoms in total. The Labute approximate surface area is 150 Å². The molecule has 0 aromatic heterocycles. The lowest BCUT2D eigenvalue weighted by atomic mass is 9.89. The number of nitrogen functional groups attached to an aromatic ring is 1. The van der Waals surface area contributed by atoms with Crippen molar-refractivity contribution in [3.05, 3.63) is 23.8 Å². The number of rotatable bonds is 4. The first kappa shape index (κ1) is 18.0. The molecule has 0 unspecified atom stereocenters. The number of ether oxygens (including phenoxy) is 1. The molecule has 1 aromatic rings. The van der Waals surface area contributed by atoms with Crippen LogP contribution in [0.5, 0.6) is 5.75 Å². The van der Waals surface area contributed by atoms with Crippen LogP contribution in [-0.4, -0.2) is 68.1 Å². The van der Waals surface area contributed by atoms with E-state index in [1.165, 1.54) is 25.9 Å². The Kier molecular flexibility index (Phi) is 5.81. The lowest BCUT2D eigenvalue weighted by molar-refractivity contribution is 0.0790. The molecule has 0 bridgehead atoms. The standard InChI is InChI=1S/C19H30N4O2/c1-22-9-11-23(12-10-22)16-6-4-15(5-7-16)21-19(24)14-3-8-17(20)18(13-14)25-2/h3,8,13,15-16H,4-7,9-12,20H2,1-2H3,(H,21,24)/t15-,16+. The lowest BCUT2D eigenvalue weighted by Crippen LogP contribution is -2.51. The van der Waals surface area contributed by atoms with Crippen molar-refractivity contribution < 1.29 is 9.53 Å². The number of benzene rings is 1. The SMILES string of the molecule is COc1cc(C(=O)N[C@H]2CC[C@@H](N3CCN(C)CC3)CC2)ccc1N. The van der Waals surface area contributed by atoms with E-state index in [2.05, 4.69) is 22.2 Å². The summed E-state index contributed by atoms with van der Waals surface area (Å²) in [5.41, 5.74) is 6.97. The maximum absolute atomic E-state index is 12.5. The first-order valence-electron chi connectivity index (χ1n) is 9.24. The van der Waals surface area contributed by atoms with Crippen molar-refractivity contribution in [2.75, 3.05) is 46.1 Å². The molecule has 0 atom stereocenters. The van der Waals surface area contributed by atoms with Crippen LogP contribution in [0.2, 0.25) is 0 Å². The van der Waals surface area contributed by atoms with Gasteiger partial charge in [-0.25, -0.2) is 0 Å². The largest absolute Gasteiger partial charge is 0.495 e. The molecule has 1 aliphatic heterocycles. The summed E-state index contributed by atoms with van der Waals surface area (Å²) in [7, 11) is 3.75. The van der Waals surface area contributed by atoms with Gasteiger partial charge in [0.1, 0.15) is 5.75 Å². The van der Waals surface area contributed by atoms with E-state index in [1.807, 2.05) is 0 Å². The van der Waals surface area contributed by atoms with Gasteiger partial charge in [-0.3, -0.25) is 9.69 Å². The zero-order chi connectivity index (χ0) is 17.8. The van der Waals surface area contributed by atoms with Gasteiger partial charge in [-0.15, -0.1) is 0 Å². The number of nitrogens with zero attached hydrogens (tertiary/aromatic N) is 2. The Morgan fingerprint density at radius 3 is 2.48 bits per heavy atom. The lowest BCUT2D eigenvalue weighted by Gasteiger charge is -2.41. The van der Waals surface area contributed by atoms with E-state index in [-0.39, 0.29) is 11.9 Å². The highest BCUT2D eigenvalue weighted by Crippen LogP contribution is 2.25. The smallest absolute Gasteiger partial charge is 0.251 e. The number of carbonyl (C=O) groups excluding carboxylic acids is 1. The van der Waals surface area contributed by atoms with Crippen molar-refractivity contribution in [1.29, 1.82) is 0 Å². The summed E-state index contributed by atoms with van der Waals surface area (Å²) in [4.78, 5) is 17.5. The second-order valence-electron chi connectivity index (χ2n) is 7.27. The number of likely N-dealkylation sites (N-methyl/N-ethyl adjacent to an activating group) is 1. The Balaban J connectivity index is 1.49. The third-order valence-electron chi connectivity index (χ3n) is 5.58. The molecule has 3 N–H and O–H groups in total. The van der Waals surface area contributed by atoms with Gasteiger partial charge in [0.2, 0.25) is 0 Å². The molecule has 1 heterocycles. The summed E-state index contributed by atoms with van der Waals surface area (Å²) in [6.07, 6.45) is 4.43. The summed E-state index contributed by atoms with van der Waals surface area (Å²) in [5, 5.41) is 3.17. The van der Waals surface area contributed by atoms with Crippen LogP contribution in [0.25, 0.3) is 0 Å². The van der Waals surface area contributed by atoms with Gasteiger partial charge in [-0.05, 0) is 50.9 Å². The molecular formula is C19H30N4O2. The van der Waals surface area contributed by atoms with Gasteiger partial charge in [-0.1, -0.05) is 0 Å². The average Bonchev–Trinajstić information content (AvgIpc) is 2.63. The fourth-order valence-corrected chi connectivity index (χ4v) is 3.89. The second kappa shape index (κ2) is 8.06. The van der Waals surface area contributed by atoms with E-state index < -0.39 is 0 Å². The molecule has 1 aromatic carbocycles. The van der Waals surface area contributed by atoms with Crippen molar-refractivity contribution >= 4 is 11.6 Å². The molecule has 2 aliphatic rings. The van der Waals surface area contributed by atoms with Crippen LogP contribution in [0.4, 0.5) is 5.69 Å². The zero-order valence-corrected chi connectivity index (χ0v) is 15.3.